The number of primary amides is 1. The van der Waals surface area contributed by atoms with Gasteiger partial charge < -0.3 is 10.5 Å². The normalized spacial score (nSPS) is 12.2. The minimum atomic E-state index is -0.672. The summed E-state index contributed by atoms with van der Waals surface area (Å²) in [5, 5.41) is 8.94. The van der Waals surface area contributed by atoms with Crippen LogP contribution in [0.25, 0.3) is 22.4 Å². The van der Waals surface area contributed by atoms with Gasteiger partial charge in [-0.15, -0.1) is 10.2 Å². The van der Waals surface area contributed by atoms with Crippen LogP contribution in [0.2, 0.25) is 0 Å². The molecular formula is C24H19N5O3S. The van der Waals surface area contributed by atoms with Crippen LogP contribution in [0.4, 0.5) is 0 Å². The Morgan fingerprint density at radius 1 is 1.00 bits per heavy atom. The van der Waals surface area contributed by atoms with Gasteiger partial charge in [0.05, 0.1) is 23.7 Å². The standard InChI is InChI=1S/C24H19N5O3S/c1-32-17-11-7-10-16(14-17)28-22(31)18-12-5-6-13-19(18)29-23(28)26-27-24(29)33-20(21(25)30)15-8-3-2-4-9-15/h2-14,20H,1H3,(H2,25,30). The fraction of sp³-hybridized carbons (Fsp3) is 0.0833. The van der Waals surface area contributed by atoms with Crippen LogP contribution in [0.15, 0.2) is 88.8 Å². The molecule has 0 aliphatic heterocycles. The molecule has 1 amide bonds. The molecule has 0 aliphatic carbocycles. The zero-order valence-electron chi connectivity index (χ0n) is 17.6. The summed E-state index contributed by atoms with van der Waals surface area (Å²) in [5.74, 6) is 0.441. The predicted octanol–water partition coefficient (Wildman–Crippen LogP) is 3.36. The van der Waals surface area contributed by atoms with Crippen LogP contribution in [0.1, 0.15) is 10.8 Å². The van der Waals surface area contributed by atoms with Gasteiger partial charge in [-0.05, 0) is 29.8 Å². The Morgan fingerprint density at radius 3 is 2.52 bits per heavy atom. The fourth-order valence-corrected chi connectivity index (χ4v) is 4.75. The molecule has 0 saturated heterocycles. The second kappa shape index (κ2) is 8.44. The number of fused-ring (bicyclic) bond motifs is 3. The average Bonchev–Trinajstić information content (AvgIpc) is 3.26. The van der Waals surface area contributed by atoms with Crippen molar-refractivity contribution in [3.05, 3.63) is 94.8 Å². The van der Waals surface area contributed by atoms with Gasteiger partial charge in [-0.1, -0.05) is 60.3 Å². The van der Waals surface area contributed by atoms with Gasteiger partial charge in [0.2, 0.25) is 11.7 Å². The average molecular weight is 458 g/mol. The van der Waals surface area contributed by atoms with Crippen LogP contribution in [0.3, 0.4) is 0 Å². The maximum absolute atomic E-state index is 13.5. The number of para-hydroxylation sites is 1. The van der Waals surface area contributed by atoms with Crippen molar-refractivity contribution in [1.82, 2.24) is 19.2 Å². The number of aromatic nitrogens is 4. The molecule has 0 bridgehead atoms. The van der Waals surface area contributed by atoms with Crippen LogP contribution in [0, 0.1) is 0 Å². The number of amides is 1. The van der Waals surface area contributed by atoms with Crippen molar-refractivity contribution in [2.75, 3.05) is 7.11 Å². The lowest BCUT2D eigenvalue weighted by atomic mass is 10.1. The van der Waals surface area contributed by atoms with E-state index in [-0.39, 0.29) is 5.56 Å². The van der Waals surface area contributed by atoms with Crippen molar-refractivity contribution in [3.8, 4) is 11.4 Å². The van der Waals surface area contributed by atoms with Crippen LogP contribution in [-0.4, -0.2) is 32.2 Å². The maximum Gasteiger partial charge on any atom is 0.267 e. The molecule has 0 saturated carbocycles. The Labute approximate surface area is 192 Å². The number of hydrogen-bond acceptors (Lipinski definition) is 6. The number of ether oxygens (including phenoxy) is 1. The van der Waals surface area contributed by atoms with Gasteiger partial charge in [0, 0.05) is 6.07 Å². The van der Waals surface area contributed by atoms with Crippen LogP contribution in [0.5, 0.6) is 5.75 Å². The lowest BCUT2D eigenvalue weighted by Crippen LogP contribution is -2.22. The van der Waals surface area contributed by atoms with E-state index in [0.29, 0.717) is 33.3 Å². The Kier molecular flexibility index (Phi) is 5.31. The Morgan fingerprint density at radius 2 is 1.76 bits per heavy atom. The van der Waals surface area contributed by atoms with E-state index < -0.39 is 11.2 Å². The number of thioether (sulfide) groups is 1. The first-order valence-corrected chi connectivity index (χ1v) is 11.0. The van der Waals surface area contributed by atoms with Crippen molar-refractivity contribution in [3.63, 3.8) is 0 Å². The van der Waals surface area contributed by atoms with Crippen LogP contribution in [-0.2, 0) is 4.79 Å². The third-order valence-corrected chi connectivity index (χ3v) is 6.51. The molecule has 0 spiro atoms. The molecule has 33 heavy (non-hydrogen) atoms. The largest absolute Gasteiger partial charge is 0.497 e. The van der Waals surface area contributed by atoms with E-state index in [1.54, 1.807) is 47.9 Å². The molecule has 5 aromatic rings. The summed E-state index contributed by atoms with van der Waals surface area (Å²) in [7, 11) is 1.57. The molecule has 3 aromatic carbocycles. The van der Waals surface area contributed by atoms with Gasteiger partial charge in [-0.3, -0.25) is 14.0 Å². The minimum Gasteiger partial charge on any atom is -0.497 e. The molecule has 5 rings (SSSR count). The quantitative estimate of drug-likeness (QED) is 0.392. The predicted molar refractivity (Wildman–Crippen MR) is 127 cm³/mol. The number of carbonyl (C=O) groups excluding carboxylic acids is 1. The third-order valence-electron chi connectivity index (χ3n) is 5.29. The zero-order valence-corrected chi connectivity index (χ0v) is 18.4. The molecule has 1 unspecified atom stereocenters. The number of carbonyl (C=O) groups is 1. The number of hydrogen-bond donors (Lipinski definition) is 1. The van der Waals surface area contributed by atoms with Gasteiger partial charge in [-0.2, -0.15) is 0 Å². The van der Waals surface area contributed by atoms with Crippen molar-refractivity contribution in [2.24, 2.45) is 5.73 Å². The molecule has 8 nitrogen and oxygen atoms in total. The van der Waals surface area contributed by atoms with Crippen molar-refractivity contribution >= 4 is 34.3 Å². The molecule has 9 heteroatoms. The summed E-state index contributed by atoms with van der Waals surface area (Å²) in [4.78, 5) is 25.8. The van der Waals surface area contributed by atoms with Gasteiger partial charge in [0.25, 0.3) is 5.56 Å². The third kappa shape index (κ3) is 3.62. The summed E-state index contributed by atoms with van der Waals surface area (Å²) in [6.07, 6.45) is 0. The van der Waals surface area contributed by atoms with Crippen LogP contribution >= 0.6 is 11.8 Å². The second-order valence-electron chi connectivity index (χ2n) is 7.29. The SMILES string of the molecule is COc1cccc(-n2c(=O)c3ccccc3n3c(SC(C(N)=O)c4ccccc4)nnc23)c1. The topological polar surface area (TPSA) is 105 Å². The highest BCUT2D eigenvalue weighted by atomic mass is 32.2. The van der Waals surface area contributed by atoms with Crippen molar-refractivity contribution in [2.45, 2.75) is 10.4 Å². The van der Waals surface area contributed by atoms with Gasteiger partial charge in [0.15, 0.2) is 5.16 Å². The summed E-state index contributed by atoms with van der Waals surface area (Å²) < 4.78 is 8.60. The Hall–Kier alpha value is -4.11. The molecule has 2 heterocycles. The van der Waals surface area contributed by atoms with Crippen molar-refractivity contribution in [1.29, 1.82) is 0 Å². The van der Waals surface area contributed by atoms with Crippen LogP contribution < -0.4 is 16.0 Å². The van der Waals surface area contributed by atoms with E-state index in [2.05, 4.69) is 10.2 Å². The van der Waals surface area contributed by atoms with E-state index in [4.69, 9.17) is 10.5 Å². The lowest BCUT2D eigenvalue weighted by Gasteiger charge is -2.14. The summed E-state index contributed by atoms with van der Waals surface area (Å²) >= 11 is 1.19. The molecule has 0 radical (unpaired) electrons. The second-order valence-corrected chi connectivity index (χ2v) is 8.36. The zero-order chi connectivity index (χ0) is 22.9. The minimum absolute atomic E-state index is 0.232. The fourth-order valence-electron chi connectivity index (χ4n) is 3.76. The molecule has 0 fully saturated rings. The molecule has 2 aromatic heterocycles. The molecule has 1 atom stereocenters. The smallest absolute Gasteiger partial charge is 0.267 e. The van der Waals surface area contributed by atoms with E-state index in [1.807, 2.05) is 42.5 Å². The van der Waals surface area contributed by atoms with Crippen molar-refractivity contribution < 1.29 is 9.53 Å². The van der Waals surface area contributed by atoms with Gasteiger partial charge in [-0.25, -0.2) is 4.57 Å². The molecule has 0 aliphatic rings. The maximum atomic E-state index is 13.5. The summed E-state index contributed by atoms with van der Waals surface area (Å²) in [6.45, 7) is 0. The first kappa shape index (κ1) is 20.8. The summed E-state index contributed by atoms with van der Waals surface area (Å²) in [6, 6.07) is 23.7. The van der Waals surface area contributed by atoms with E-state index in [1.165, 1.54) is 16.3 Å². The molecule has 164 valence electrons. The van der Waals surface area contributed by atoms with Gasteiger partial charge in [0.1, 0.15) is 11.0 Å². The molecular weight excluding hydrogens is 438 g/mol. The highest BCUT2D eigenvalue weighted by Gasteiger charge is 2.24. The molecule has 2 N–H and O–H groups in total. The first-order valence-electron chi connectivity index (χ1n) is 10.1. The number of nitrogens with zero attached hydrogens (tertiary/aromatic N) is 4. The number of nitrogens with two attached hydrogens (primary N) is 1. The number of benzene rings is 3. The summed E-state index contributed by atoms with van der Waals surface area (Å²) in [5.41, 5.74) is 7.49. The highest BCUT2D eigenvalue weighted by molar-refractivity contribution is 8.00. The monoisotopic (exact) mass is 457 g/mol. The Balaban J connectivity index is 1.77. The van der Waals surface area contributed by atoms with E-state index in [9.17, 15) is 9.59 Å². The number of rotatable bonds is 6. The lowest BCUT2D eigenvalue weighted by molar-refractivity contribution is -0.117. The first-order chi connectivity index (χ1) is 16.1. The Bertz CT molecular complexity index is 1540. The van der Waals surface area contributed by atoms with E-state index >= 15 is 0 Å². The van der Waals surface area contributed by atoms with E-state index in [0.717, 1.165) is 5.56 Å². The van der Waals surface area contributed by atoms with Gasteiger partial charge >= 0.3 is 0 Å². The number of methoxy groups -OCH3 is 1. The highest BCUT2D eigenvalue weighted by Crippen LogP contribution is 2.35.